The smallest absolute Gasteiger partial charge is 0.271 e. The topological polar surface area (TPSA) is 83.8 Å². The van der Waals surface area contributed by atoms with Crippen LogP contribution in [0.25, 0.3) is 10.8 Å². The molecule has 0 aliphatic carbocycles. The number of rotatable bonds is 5. The molecule has 0 radical (unpaired) electrons. The van der Waals surface area contributed by atoms with E-state index in [1.165, 1.54) is 11.3 Å². The Hall–Kier alpha value is -2.41. The van der Waals surface area contributed by atoms with Gasteiger partial charge in [-0.05, 0) is 19.1 Å². The largest absolute Gasteiger partial charge is 0.462 e. The molecule has 0 fully saturated rings. The molecule has 0 atom stereocenters. The number of nitrogens with zero attached hydrogens (tertiary/aromatic N) is 2. The van der Waals surface area contributed by atoms with E-state index in [4.69, 9.17) is 4.42 Å². The molecule has 3 rings (SSSR count). The average molecular weight is 302 g/mol. The van der Waals surface area contributed by atoms with Crippen LogP contribution < -0.4 is 5.32 Å². The molecule has 6 nitrogen and oxygen atoms in total. The van der Waals surface area contributed by atoms with Gasteiger partial charge < -0.3 is 14.7 Å². The van der Waals surface area contributed by atoms with Crippen molar-refractivity contribution in [1.82, 2.24) is 20.3 Å². The number of aryl methyl sites for hydroxylation is 1. The first-order chi connectivity index (χ1) is 10.2. The minimum absolute atomic E-state index is 0.173. The molecule has 0 aromatic carbocycles. The van der Waals surface area contributed by atoms with Gasteiger partial charge in [0.05, 0.1) is 6.26 Å². The van der Waals surface area contributed by atoms with Gasteiger partial charge in [-0.1, -0.05) is 0 Å². The molecule has 0 aliphatic heterocycles. The summed E-state index contributed by atoms with van der Waals surface area (Å²) in [5.41, 5.74) is 0.450. The van der Waals surface area contributed by atoms with E-state index in [2.05, 4.69) is 20.3 Å². The number of aromatic amines is 1. The highest BCUT2D eigenvalue weighted by molar-refractivity contribution is 7.15. The highest BCUT2D eigenvalue weighted by atomic mass is 32.1. The zero-order chi connectivity index (χ0) is 14.7. The molecule has 7 heteroatoms. The van der Waals surface area contributed by atoms with Gasteiger partial charge in [-0.25, -0.2) is 9.97 Å². The third-order valence-corrected chi connectivity index (χ3v) is 3.93. The van der Waals surface area contributed by atoms with E-state index in [9.17, 15) is 4.79 Å². The van der Waals surface area contributed by atoms with Gasteiger partial charge in [0.25, 0.3) is 5.91 Å². The monoisotopic (exact) mass is 302 g/mol. The molecule has 0 saturated carbocycles. The van der Waals surface area contributed by atoms with E-state index >= 15 is 0 Å². The van der Waals surface area contributed by atoms with Crippen molar-refractivity contribution in [2.75, 3.05) is 6.54 Å². The van der Waals surface area contributed by atoms with Crippen molar-refractivity contribution < 1.29 is 9.21 Å². The number of carbonyl (C=O) groups excluding carboxylic acids is 1. The van der Waals surface area contributed by atoms with Crippen molar-refractivity contribution in [3.63, 3.8) is 0 Å². The third-order valence-electron chi connectivity index (χ3n) is 2.95. The summed E-state index contributed by atoms with van der Waals surface area (Å²) in [6.45, 7) is 2.39. The van der Waals surface area contributed by atoms with Crippen LogP contribution in [-0.2, 0) is 6.42 Å². The number of hydrogen-bond acceptors (Lipinski definition) is 5. The summed E-state index contributed by atoms with van der Waals surface area (Å²) in [4.78, 5) is 24.5. The van der Waals surface area contributed by atoms with Crippen LogP contribution in [0.2, 0.25) is 0 Å². The minimum atomic E-state index is -0.173. The number of imidazole rings is 1. The molecular formula is C14H14N4O2S. The summed E-state index contributed by atoms with van der Waals surface area (Å²) in [6, 6.07) is 3.63. The highest BCUT2D eigenvalue weighted by Gasteiger charge is 2.17. The summed E-state index contributed by atoms with van der Waals surface area (Å²) in [6.07, 6.45) is 5.71. The number of thiazole rings is 1. The molecule has 3 aromatic heterocycles. The van der Waals surface area contributed by atoms with E-state index in [-0.39, 0.29) is 5.91 Å². The molecule has 2 N–H and O–H groups in total. The van der Waals surface area contributed by atoms with Crippen molar-refractivity contribution in [2.45, 2.75) is 13.3 Å². The number of carbonyl (C=O) groups is 1. The Morgan fingerprint density at radius 3 is 3.14 bits per heavy atom. The third kappa shape index (κ3) is 3.03. The number of hydrogen-bond donors (Lipinski definition) is 2. The summed E-state index contributed by atoms with van der Waals surface area (Å²) in [7, 11) is 0. The Balaban J connectivity index is 1.64. The Labute approximate surface area is 125 Å². The maximum absolute atomic E-state index is 12.1. The summed E-state index contributed by atoms with van der Waals surface area (Å²) < 4.78 is 5.30. The van der Waals surface area contributed by atoms with Gasteiger partial charge in [0.1, 0.15) is 11.5 Å². The van der Waals surface area contributed by atoms with Gasteiger partial charge in [-0.3, -0.25) is 4.79 Å². The van der Waals surface area contributed by atoms with Crippen molar-refractivity contribution >= 4 is 17.2 Å². The Bertz CT molecular complexity index is 716. The molecule has 0 spiro atoms. The fraction of sp³-hybridized carbons (Fsp3) is 0.214. The maximum atomic E-state index is 12.1. The Kier molecular flexibility index (Phi) is 3.83. The number of amides is 1. The minimum Gasteiger partial charge on any atom is -0.462 e. The molecule has 0 unspecified atom stereocenters. The lowest BCUT2D eigenvalue weighted by Gasteiger charge is -2.02. The Morgan fingerprint density at radius 1 is 1.52 bits per heavy atom. The maximum Gasteiger partial charge on any atom is 0.271 e. The van der Waals surface area contributed by atoms with E-state index in [0.29, 0.717) is 29.4 Å². The first kappa shape index (κ1) is 13.6. The molecule has 108 valence electrons. The van der Waals surface area contributed by atoms with Crippen molar-refractivity contribution in [2.24, 2.45) is 0 Å². The quantitative estimate of drug-likeness (QED) is 0.758. The van der Waals surface area contributed by atoms with Gasteiger partial charge in [0.2, 0.25) is 0 Å². The molecule has 3 aromatic rings. The van der Waals surface area contributed by atoms with Crippen LogP contribution in [-0.4, -0.2) is 27.4 Å². The standard InChI is InChI=1S/C14H14N4O2S/c1-9-12(18-14(21-9)10-3-2-8-20-10)13(19)17-5-4-11-15-6-7-16-11/h2-3,6-8H,4-5H2,1H3,(H,15,16)(H,17,19). The normalized spacial score (nSPS) is 10.7. The summed E-state index contributed by atoms with van der Waals surface area (Å²) >= 11 is 1.45. The molecule has 1 amide bonds. The lowest BCUT2D eigenvalue weighted by molar-refractivity contribution is 0.0949. The van der Waals surface area contributed by atoms with Gasteiger partial charge >= 0.3 is 0 Å². The van der Waals surface area contributed by atoms with E-state index in [0.717, 1.165) is 10.7 Å². The van der Waals surface area contributed by atoms with Crippen molar-refractivity contribution in [1.29, 1.82) is 0 Å². The fourth-order valence-electron chi connectivity index (χ4n) is 1.93. The van der Waals surface area contributed by atoms with Crippen molar-refractivity contribution in [3.05, 3.63) is 47.2 Å². The van der Waals surface area contributed by atoms with Gasteiger partial charge in [-0.15, -0.1) is 11.3 Å². The molecule has 0 bridgehead atoms. The second kappa shape index (κ2) is 5.92. The lowest BCUT2D eigenvalue weighted by atomic mass is 10.3. The second-order valence-corrected chi connectivity index (χ2v) is 5.65. The highest BCUT2D eigenvalue weighted by Crippen LogP contribution is 2.27. The number of H-pyrrole nitrogens is 1. The van der Waals surface area contributed by atoms with Crippen LogP contribution in [0, 0.1) is 6.92 Å². The lowest BCUT2D eigenvalue weighted by Crippen LogP contribution is -2.26. The number of furan rings is 1. The molecule has 0 aliphatic rings. The SMILES string of the molecule is Cc1sc(-c2ccco2)nc1C(=O)NCCc1ncc[nH]1. The van der Waals surface area contributed by atoms with Gasteiger partial charge in [-0.2, -0.15) is 0 Å². The molecule has 0 saturated heterocycles. The van der Waals surface area contributed by atoms with E-state index < -0.39 is 0 Å². The van der Waals surface area contributed by atoms with E-state index in [1.54, 1.807) is 24.7 Å². The summed E-state index contributed by atoms with van der Waals surface area (Å²) in [5.74, 6) is 1.35. The van der Waals surface area contributed by atoms with Crippen LogP contribution in [0.15, 0.2) is 35.2 Å². The van der Waals surface area contributed by atoms with Crippen LogP contribution in [0.1, 0.15) is 21.2 Å². The fourth-order valence-corrected chi connectivity index (χ4v) is 2.80. The van der Waals surface area contributed by atoms with Crippen molar-refractivity contribution in [3.8, 4) is 10.8 Å². The predicted octanol–water partition coefficient (Wildman–Crippen LogP) is 2.41. The van der Waals surface area contributed by atoms with Crippen LogP contribution in [0.4, 0.5) is 0 Å². The van der Waals surface area contributed by atoms with Gasteiger partial charge in [0, 0.05) is 30.2 Å². The number of aromatic nitrogens is 3. The number of nitrogens with one attached hydrogen (secondary N) is 2. The Morgan fingerprint density at radius 2 is 2.43 bits per heavy atom. The zero-order valence-electron chi connectivity index (χ0n) is 11.4. The molecular weight excluding hydrogens is 288 g/mol. The predicted molar refractivity (Wildman–Crippen MR) is 79.2 cm³/mol. The second-order valence-electron chi connectivity index (χ2n) is 4.44. The summed E-state index contributed by atoms with van der Waals surface area (Å²) in [5, 5.41) is 3.57. The molecule has 21 heavy (non-hydrogen) atoms. The van der Waals surface area contributed by atoms with Crippen LogP contribution in [0.3, 0.4) is 0 Å². The van der Waals surface area contributed by atoms with E-state index in [1.807, 2.05) is 13.0 Å². The first-order valence-electron chi connectivity index (χ1n) is 6.52. The van der Waals surface area contributed by atoms with Crippen LogP contribution >= 0.6 is 11.3 Å². The molecule has 3 heterocycles. The van der Waals surface area contributed by atoms with Crippen LogP contribution in [0.5, 0.6) is 0 Å². The van der Waals surface area contributed by atoms with Gasteiger partial charge in [0.15, 0.2) is 10.8 Å². The zero-order valence-corrected chi connectivity index (χ0v) is 12.2. The first-order valence-corrected chi connectivity index (χ1v) is 7.33. The average Bonchev–Trinajstić information content (AvgIpc) is 3.19.